The summed E-state index contributed by atoms with van der Waals surface area (Å²) < 4.78 is 40.8. The number of aromatic nitrogens is 4. The van der Waals surface area contributed by atoms with E-state index in [4.69, 9.17) is 0 Å². The van der Waals surface area contributed by atoms with Crippen LogP contribution in [0, 0.1) is 5.82 Å². The summed E-state index contributed by atoms with van der Waals surface area (Å²) in [5.74, 6) is 1.14. The highest BCUT2D eigenvalue weighted by atomic mass is 32.2. The van der Waals surface area contributed by atoms with Gasteiger partial charge in [0.05, 0.1) is 5.39 Å². The second-order valence-electron chi connectivity index (χ2n) is 7.90. The van der Waals surface area contributed by atoms with Gasteiger partial charge < -0.3 is 14.8 Å². The lowest BCUT2D eigenvalue weighted by molar-refractivity contribution is 0.600. The number of H-pyrrole nitrogens is 1. The van der Waals surface area contributed by atoms with Crippen LogP contribution in [0.1, 0.15) is 6.42 Å². The second-order valence-corrected chi connectivity index (χ2v) is 9.58. The van der Waals surface area contributed by atoms with Crippen LogP contribution < -0.4 is 14.5 Å². The summed E-state index contributed by atoms with van der Waals surface area (Å²) in [5, 5.41) is 0.988. The van der Waals surface area contributed by atoms with E-state index in [1.807, 2.05) is 19.3 Å². The van der Waals surface area contributed by atoms with E-state index in [1.165, 1.54) is 36.5 Å². The molecule has 4 heterocycles. The zero-order valence-corrected chi connectivity index (χ0v) is 18.6. The van der Waals surface area contributed by atoms with Crippen LogP contribution >= 0.6 is 0 Å². The van der Waals surface area contributed by atoms with Crippen molar-refractivity contribution in [2.75, 3.05) is 34.7 Å². The second kappa shape index (κ2) is 8.32. The van der Waals surface area contributed by atoms with E-state index in [9.17, 15) is 12.8 Å². The maximum absolute atomic E-state index is 13.1. The molecular formula is C22H22FN7O2S. The first-order valence-corrected chi connectivity index (χ1v) is 11.9. The summed E-state index contributed by atoms with van der Waals surface area (Å²) in [6, 6.07) is 10.5. The summed E-state index contributed by atoms with van der Waals surface area (Å²) >= 11 is 0. The van der Waals surface area contributed by atoms with E-state index in [1.54, 1.807) is 12.4 Å². The van der Waals surface area contributed by atoms with E-state index in [0.29, 0.717) is 5.82 Å². The Morgan fingerprint density at radius 3 is 2.70 bits per heavy atom. The number of fused-ring (bicyclic) bond motifs is 1. The van der Waals surface area contributed by atoms with Crippen LogP contribution in [-0.4, -0.2) is 54.5 Å². The molecule has 5 rings (SSSR count). The predicted molar refractivity (Wildman–Crippen MR) is 124 cm³/mol. The van der Waals surface area contributed by atoms with Crippen molar-refractivity contribution in [1.82, 2.24) is 19.9 Å². The summed E-state index contributed by atoms with van der Waals surface area (Å²) in [4.78, 5) is 20.5. The van der Waals surface area contributed by atoms with Crippen molar-refractivity contribution >= 4 is 38.4 Å². The van der Waals surface area contributed by atoms with Gasteiger partial charge in [-0.05, 0) is 48.9 Å². The summed E-state index contributed by atoms with van der Waals surface area (Å²) in [6.45, 7) is 1.61. The Balaban J connectivity index is 1.28. The number of halogens is 1. The van der Waals surface area contributed by atoms with Crippen molar-refractivity contribution < 1.29 is 12.8 Å². The molecule has 1 saturated heterocycles. The van der Waals surface area contributed by atoms with E-state index in [2.05, 4.69) is 34.5 Å². The summed E-state index contributed by atoms with van der Waals surface area (Å²) in [6.07, 6.45) is 5.66. The molecule has 0 bridgehead atoms. The predicted octanol–water partition coefficient (Wildman–Crippen LogP) is 3.01. The van der Waals surface area contributed by atoms with Crippen molar-refractivity contribution in [1.29, 1.82) is 0 Å². The van der Waals surface area contributed by atoms with Crippen molar-refractivity contribution in [3.8, 4) is 0 Å². The van der Waals surface area contributed by atoms with Crippen molar-refractivity contribution in [2.45, 2.75) is 17.4 Å². The molecule has 33 heavy (non-hydrogen) atoms. The Bertz CT molecular complexity index is 1370. The van der Waals surface area contributed by atoms with Crippen LogP contribution in [-0.2, 0) is 10.0 Å². The average molecular weight is 468 g/mol. The van der Waals surface area contributed by atoms with Gasteiger partial charge in [-0.3, -0.25) is 4.72 Å². The maximum Gasteiger partial charge on any atom is 0.263 e. The number of nitrogens with zero attached hydrogens (tertiary/aromatic N) is 5. The summed E-state index contributed by atoms with van der Waals surface area (Å²) in [5.41, 5.74) is 1.09. The summed E-state index contributed by atoms with van der Waals surface area (Å²) in [7, 11) is -1.87. The molecule has 1 fully saturated rings. The maximum atomic E-state index is 13.1. The molecule has 0 radical (unpaired) electrons. The third kappa shape index (κ3) is 4.19. The van der Waals surface area contributed by atoms with E-state index in [-0.39, 0.29) is 16.6 Å². The van der Waals surface area contributed by atoms with Crippen molar-refractivity contribution in [2.24, 2.45) is 0 Å². The van der Waals surface area contributed by atoms with Crippen LogP contribution in [0.15, 0.2) is 66.1 Å². The minimum Gasteiger partial charge on any atom is -0.355 e. The first-order chi connectivity index (χ1) is 15.9. The molecule has 0 amide bonds. The van der Waals surface area contributed by atoms with Gasteiger partial charge in [0.15, 0.2) is 0 Å². The lowest BCUT2D eigenvalue weighted by atomic mass is 10.2. The molecule has 1 atom stereocenters. The quantitative estimate of drug-likeness (QED) is 0.449. The van der Waals surface area contributed by atoms with Gasteiger partial charge in [-0.15, -0.1) is 0 Å². The number of nitrogens with one attached hydrogen (secondary N) is 2. The molecule has 1 aromatic carbocycles. The minimum atomic E-state index is -3.83. The van der Waals surface area contributed by atoms with Crippen molar-refractivity contribution in [3.63, 3.8) is 0 Å². The lowest BCUT2D eigenvalue weighted by Gasteiger charge is -2.26. The highest BCUT2D eigenvalue weighted by Gasteiger charge is 2.29. The van der Waals surface area contributed by atoms with Gasteiger partial charge >= 0.3 is 0 Å². The van der Waals surface area contributed by atoms with Gasteiger partial charge in [0.2, 0.25) is 0 Å². The third-order valence-corrected chi connectivity index (χ3v) is 7.20. The zero-order valence-electron chi connectivity index (χ0n) is 17.8. The third-order valence-electron chi connectivity index (χ3n) is 5.83. The number of benzene rings is 1. The number of pyridine rings is 1. The molecular weight excluding hydrogens is 445 g/mol. The number of anilines is 3. The fourth-order valence-electron chi connectivity index (χ4n) is 4.02. The van der Waals surface area contributed by atoms with Gasteiger partial charge in [-0.25, -0.2) is 27.8 Å². The van der Waals surface area contributed by atoms with Gasteiger partial charge in [-0.1, -0.05) is 0 Å². The Labute approximate surface area is 190 Å². The molecule has 1 unspecified atom stereocenters. The largest absolute Gasteiger partial charge is 0.355 e. The normalized spacial score (nSPS) is 16.3. The smallest absolute Gasteiger partial charge is 0.263 e. The van der Waals surface area contributed by atoms with Gasteiger partial charge in [-0.2, -0.15) is 0 Å². The molecule has 4 aromatic rings. The molecule has 0 spiro atoms. The van der Waals surface area contributed by atoms with E-state index < -0.39 is 15.8 Å². The highest BCUT2D eigenvalue weighted by Crippen LogP contribution is 2.28. The number of aromatic amines is 1. The number of sulfonamides is 1. The van der Waals surface area contributed by atoms with Crippen molar-refractivity contribution in [3.05, 3.63) is 67.0 Å². The Morgan fingerprint density at radius 1 is 1.12 bits per heavy atom. The molecule has 170 valence electrons. The molecule has 0 saturated carbocycles. The first kappa shape index (κ1) is 21.1. The fourth-order valence-corrected chi connectivity index (χ4v) is 5.02. The number of hydrogen-bond acceptors (Lipinski definition) is 7. The van der Waals surface area contributed by atoms with Crippen LogP contribution in [0.5, 0.6) is 0 Å². The molecule has 1 aliphatic rings. The van der Waals surface area contributed by atoms with Crippen LogP contribution in [0.25, 0.3) is 11.0 Å². The number of hydrogen-bond donors (Lipinski definition) is 2. The number of likely N-dealkylation sites (N-methyl/N-ethyl adjacent to an activating group) is 1. The molecule has 3 aromatic heterocycles. The molecule has 2 N–H and O–H groups in total. The van der Waals surface area contributed by atoms with Crippen LogP contribution in [0.2, 0.25) is 0 Å². The lowest BCUT2D eigenvalue weighted by Crippen LogP contribution is -2.35. The topological polar surface area (TPSA) is 107 Å². The first-order valence-electron chi connectivity index (χ1n) is 10.4. The van der Waals surface area contributed by atoms with Gasteiger partial charge in [0.1, 0.15) is 34.3 Å². The molecule has 11 heteroatoms. The minimum absolute atomic E-state index is 0.0351. The zero-order chi connectivity index (χ0) is 23.0. The Morgan fingerprint density at radius 2 is 1.94 bits per heavy atom. The monoisotopic (exact) mass is 467 g/mol. The Kier molecular flexibility index (Phi) is 5.33. The fraction of sp³-hybridized carbons (Fsp3) is 0.227. The molecule has 1 aliphatic heterocycles. The van der Waals surface area contributed by atoms with Gasteiger partial charge in [0, 0.05) is 44.3 Å². The van der Waals surface area contributed by atoms with E-state index >= 15 is 0 Å². The molecule has 0 aliphatic carbocycles. The Hall–Kier alpha value is -3.73. The van der Waals surface area contributed by atoms with E-state index in [0.717, 1.165) is 36.4 Å². The standard InChI is InChI=1S/C22H22FN7O2S/c1-29(17-9-11-30(13-17)22-19-8-10-24-21(19)26-14-27-22)20-7-6-18(12-25-20)33(31,32)28-16-4-2-15(23)3-5-16/h2-8,10,12,14,17,28H,9,11,13H2,1H3,(H,24,26,27). The van der Waals surface area contributed by atoms with Crippen LogP contribution in [0.4, 0.5) is 21.7 Å². The highest BCUT2D eigenvalue weighted by molar-refractivity contribution is 7.92. The van der Waals surface area contributed by atoms with Crippen LogP contribution in [0.3, 0.4) is 0 Å². The van der Waals surface area contributed by atoms with Gasteiger partial charge in [0.25, 0.3) is 10.0 Å². The molecule has 9 nitrogen and oxygen atoms in total. The number of rotatable bonds is 6. The SMILES string of the molecule is CN(c1ccc(S(=O)(=O)Nc2ccc(F)cc2)cn1)C1CCN(c2ncnc3[nH]ccc23)C1. The average Bonchev–Trinajstić information content (AvgIpc) is 3.50.